The summed E-state index contributed by atoms with van der Waals surface area (Å²) in [5.74, 6) is -0.509. The van der Waals surface area contributed by atoms with Crippen LogP contribution in [0.1, 0.15) is 35.0 Å². The van der Waals surface area contributed by atoms with Gasteiger partial charge in [0.2, 0.25) is 0 Å². The first-order valence-corrected chi connectivity index (χ1v) is 9.77. The molecule has 0 saturated carbocycles. The van der Waals surface area contributed by atoms with Gasteiger partial charge < -0.3 is 15.4 Å². The molecule has 2 heterocycles. The van der Waals surface area contributed by atoms with E-state index in [4.69, 9.17) is 4.74 Å². The van der Waals surface area contributed by atoms with Crippen LogP contribution in [0.5, 0.6) is 5.75 Å². The van der Waals surface area contributed by atoms with Gasteiger partial charge in [-0.3, -0.25) is 4.79 Å². The predicted octanol–water partition coefficient (Wildman–Crippen LogP) is 3.70. The number of amides is 1. The molecule has 0 atom stereocenters. The van der Waals surface area contributed by atoms with Gasteiger partial charge in [0, 0.05) is 6.54 Å². The highest BCUT2D eigenvalue weighted by Gasteiger charge is 2.22. The fraction of sp³-hybridized carbons (Fsp3) is 0.273. The van der Waals surface area contributed by atoms with Gasteiger partial charge in [-0.25, -0.2) is 9.07 Å². The highest BCUT2D eigenvalue weighted by atomic mass is 19.1. The average Bonchev–Trinajstić information content (AvgIpc) is 3.19. The van der Waals surface area contributed by atoms with E-state index < -0.39 is 5.91 Å². The second-order valence-electron chi connectivity index (χ2n) is 6.92. The second kappa shape index (κ2) is 8.45. The van der Waals surface area contributed by atoms with E-state index in [2.05, 4.69) is 15.7 Å². The molecule has 150 valence electrons. The normalized spacial score (nSPS) is 13.0. The average molecular weight is 394 g/mol. The van der Waals surface area contributed by atoms with Crippen LogP contribution in [-0.4, -0.2) is 28.8 Å². The molecule has 1 amide bonds. The third-order valence-corrected chi connectivity index (χ3v) is 4.83. The molecule has 0 spiro atoms. The Hall–Kier alpha value is -3.19. The molecule has 4 rings (SSSR count). The third kappa shape index (κ3) is 4.00. The molecule has 7 heteroatoms. The summed E-state index contributed by atoms with van der Waals surface area (Å²) in [5.41, 5.74) is 2.67. The molecule has 0 saturated heterocycles. The molecule has 6 nitrogen and oxygen atoms in total. The van der Waals surface area contributed by atoms with Gasteiger partial charge in [0.15, 0.2) is 11.4 Å². The summed E-state index contributed by atoms with van der Waals surface area (Å²) in [6.45, 7) is 3.80. The van der Waals surface area contributed by atoms with Crippen molar-refractivity contribution in [2.24, 2.45) is 0 Å². The molecule has 1 aliphatic rings. The maximum Gasteiger partial charge on any atom is 0.280 e. The van der Waals surface area contributed by atoms with Crippen LogP contribution in [-0.2, 0) is 13.0 Å². The maximum atomic E-state index is 14.9. The molecule has 2 aromatic carbocycles. The molecule has 29 heavy (non-hydrogen) atoms. The van der Waals surface area contributed by atoms with Crippen molar-refractivity contribution in [1.82, 2.24) is 15.1 Å². The van der Waals surface area contributed by atoms with Crippen molar-refractivity contribution in [2.75, 3.05) is 18.5 Å². The number of nitrogens with one attached hydrogen (secondary N) is 2. The van der Waals surface area contributed by atoms with Gasteiger partial charge in [0.05, 0.1) is 24.2 Å². The zero-order chi connectivity index (χ0) is 20.2. The van der Waals surface area contributed by atoms with Crippen molar-refractivity contribution in [3.05, 3.63) is 71.3 Å². The molecule has 0 radical (unpaired) electrons. The van der Waals surface area contributed by atoms with Crippen LogP contribution in [0.3, 0.4) is 0 Å². The quantitative estimate of drug-likeness (QED) is 0.669. The van der Waals surface area contributed by atoms with Crippen LogP contribution in [0.2, 0.25) is 0 Å². The van der Waals surface area contributed by atoms with E-state index >= 15 is 0 Å². The summed E-state index contributed by atoms with van der Waals surface area (Å²) >= 11 is 0. The Morgan fingerprint density at radius 1 is 1.28 bits per heavy atom. The van der Waals surface area contributed by atoms with E-state index in [1.807, 2.05) is 43.3 Å². The second-order valence-corrected chi connectivity index (χ2v) is 6.92. The van der Waals surface area contributed by atoms with Gasteiger partial charge in [-0.15, -0.1) is 0 Å². The van der Waals surface area contributed by atoms with Gasteiger partial charge in [0.1, 0.15) is 5.82 Å². The summed E-state index contributed by atoms with van der Waals surface area (Å²) < 4.78 is 22.2. The van der Waals surface area contributed by atoms with Crippen molar-refractivity contribution in [3.63, 3.8) is 0 Å². The number of aromatic nitrogens is 2. The maximum absolute atomic E-state index is 14.9. The predicted molar refractivity (Wildman–Crippen MR) is 109 cm³/mol. The first kappa shape index (κ1) is 19.1. The lowest BCUT2D eigenvalue weighted by Gasteiger charge is -2.19. The number of ether oxygens (including phenoxy) is 1. The Balaban J connectivity index is 1.63. The highest BCUT2D eigenvalue weighted by molar-refractivity contribution is 6.04. The van der Waals surface area contributed by atoms with Crippen LogP contribution < -0.4 is 15.4 Å². The lowest BCUT2D eigenvalue weighted by atomic mass is 9.99. The molecule has 3 aromatic rings. The zero-order valence-corrected chi connectivity index (χ0v) is 16.2. The number of carbonyl (C=O) groups excluding carboxylic acids is 1. The smallest absolute Gasteiger partial charge is 0.280 e. The van der Waals surface area contributed by atoms with Crippen LogP contribution in [0.25, 0.3) is 5.69 Å². The monoisotopic (exact) mass is 394 g/mol. The van der Waals surface area contributed by atoms with Gasteiger partial charge in [-0.05, 0) is 48.7 Å². The number of hydrogen-bond donors (Lipinski definition) is 2. The lowest BCUT2D eigenvalue weighted by Crippen LogP contribution is -2.25. The molecule has 0 bridgehead atoms. The van der Waals surface area contributed by atoms with Gasteiger partial charge in [0.25, 0.3) is 5.91 Å². The summed E-state index contributed by atoms with van der Waals surface area (Å²) in [6, 6.07) is 12.9. The topological polar surface area (TPSA) is 68.2 Å². The van der Waals surface area contributed by atoms with Crippen molar-refractivity contribution in [1.29, 1.82) is 0 Å². The van der Waals surface area contributed by atoms with E-state index in [9.17, 15) is 9.18 Å². The van der Waals surface area contributed by atoms with Gasteiger partial charge >= 0.3 is 0 Å². The summed E-state index contributed by atoms with van der Waals surface area (Å²) in [7, 11) is 0. The Morgan fingerprint density at radius 3 is 2.90 bits per heavy atom. The number of hydrogen-bond acceptors (Lipinski definition) is 4. The Bertz CT molecular complexity index is 1020. The number of anilines is 1. The van der Waals surface area contributed by atoms with E-state index in [1.165, 1.54) is 0 Å². The number of benzene rings is 2. The number of fused-ring (bicyclic) bond motifs is 1. The molecule has 1 aliphatic heterocycles. The van der Waals surface area contributed by atoms with Crippen molar-refractivity contribution in [3.8, 4) is 11.4 Å². The van der Waals surface area contributed by atoms with E-state index in [0.29, 0.717) is 30.9 Å². The fourth-order valence-corrected chi connectivity index (χ4v) is 3.36. The Kier molecular flexibility index (Phi) is 5.57. The van der Waals surface area contributed by atoms with Crippen molar-refractivity contribution < 1.29 is 13.9 Å². The largest absolute Gasteiger partial charge is 0.489 e. The van der Waals surface area contributed by atoms with E-state index in [0.717, 1.165) is 24.2 Å². The minimum Gasteiger partial charge on any atom is -0.489 e. The Labute approximate surface area is 168 Å². The fourth-order valence-electron chi connectivity index (χ4n) is 3.36. The van der Waals surface area contributed by atoms with Crippen LogP contribution in [0.15, 0.2) is 48.7 Å². The minimum absolute atomic E-state index is 0.126. The summed E-state index contributed by atoms with van der Waals surface area (Å²) in [4.78, 5) is 12.9. The molecule has 1 aromatic heterocycles. The minimum atomic E-state index is -0.501. The van der Waals surface area contributed by atoms with E-state index in [1.54, 1.807) is 16.9 Å². The SMILES string of the molecule is CCCOc1cn(-c2ccccc2)nc1C(=O)Nc1ccc2c(c1F)CCNC2. The summed E-state index contributed by atoms with van der Waals surface area (Å²) in [5, 5.41) is 10.3. The number of carbonyl (C=O) groups is 1. The van der Waals surface area contributed by atoms with Crippen molar-refractivity contribution >= 4 is 11.6 Å². The Morgan fingerprint density at radius 2 is 2.10 bits per heavy atom. The van der Waals surface area contributed by atoms with Crippen LogP contribution in [0, 0.1) is 5.82 Å². The van der Waals surface area contributed by atoms with E-state index in [-0.39, 0.29) is 17.2 Å². The first-order chi connectivity index (χ1) is 14.2. The number of nitrogens with zero attached hydrogens (tertiary/aromatic N) is 2. The molecule has 0 fully saturated rings. The van der Waals surface area contributed by atoms with Gasteiger partial charge in [-0.1, -0.05) is 31.2 Å². The standard InChI is InChI=1S/C22H23FN4O2/c1-2-12-29-19-14-27(16-6-4-3-5-7-16)26-21(19)22(28)25-18-9-8-15-13-24-11-10-17(15)20(18)23/h3-9,14,24H,2,10-13H2,1H3,(H,25,28). The highest BCUT2D eigenvalue weighted by Crippen LogP contribution is 2.26. The van der Waals surface area contributed by atoms with Crippen molar-refractivity contribution in [2.45, 2.75) is 26.3 Å². The zero-order valence-electron chi connectivity index (χ0n) is 16.2. The number of halogens is 1. The number of rotatable bonds is 6. The molecular weight excluding hydrogens is 371 g/mol. The molecule has 2 N–H and O–H groups in total. The first-order valence-electron chi connectivity index (χ1n) is 9.77. The number of para-hydroxylation sites is 1. The van der Waals surface area contributed by atoms with Crippen LogP contribution >= 0.6 is 0 Å². The molecule has 0 aliphatic carbocycles. The lowest BCUT2D eigenvalue weighted by molar-refractivity contribution is 0.101. The van der Waals surface area contributed by atoms with Crippen LogP contribution in [0.4, 0.5) is 10.1 Å². The molecular formula is C22H23FN4O2. The third-order valence-electron chi connectivity index (χ3n) is 4.83. The summed E-state index contributed by atoms with van der Waals surface area (Å²) in [6.07, 6.45) is 3.07. The van der Waals surface area contributed by atoms with Gasteiger partial charge in [-0.2, -0.15) is 5.10 Å². The molecule has 0 unspecified atom stereocenters.